The third kappa shape index (κ3) is 7.06. The highest BCUT2D eigenvalue weighted by molar-refractivity contribution is 9.10. The first kappa shape index (κ1) is 27.9. The van der Waals surface area contributed by atoms with Crippen LogP contribution in [0.2, 0.25) is 0 Å². The summed E-state index contributed by atoms with van der Waals surface area (Å²) in [5.41, 5.74) is 1.96. The molecule has 1 N–H and O–H groups in total. The van der Waals surface area contributed by atoms with E-state index in [-0.39, 0.29) is 12.1 Å². The standard InChI is InChI=1S/C30H29BrN2O6/c1-3-14-38-26-12-10-21(15-27(26)37-4-2)18-33-29(35)24(28(34)32-30(33)36)17-22-16-23(31)11-13-25(22)39-19-20-8-6-5-7-9-20/h5-13,15-17H,3-4,14,18-19H2,1-2H3,(H,32,34,36)/b24-17+. The van der Waals surface area contributed by atoms with E-state index in [2.05, 4.69) is 21.2 Å². The van der Waals surface area contributed by atoms with E-state index < -0.39 is 17.8 Å². The third-order valence-corrected chi connectivity index (χ3v) is 6.30. The lowest BCUT2D eigenvalue weighted by Crippen LogP contribution is -2.53. The van der Waals surface area contributed by atoms with Gasteiger partial charge in [-0.15, -0.1) is 0 Å². The molecule has 0 radical (unpaired) electrons. The third-order valence-electron chi connectivity index (χ3n) is 5.80. The molecule has 3 aromatic carbocycles. The highest BCUT2D eigenvalue weighted by Crippen LogP contribution is 2.31. The summed E-state index contributed by atoms with van der Waals surface area (Å²) >= 11 is 3.44. The van der Waals surface area contributed by atoms with Crippen LogP contribution in [-0.2, 0) is 22.7 Å². The summed E-state index contributed by atoms with van der Waals surface area (Å²) in [7, 11) is 0. The number of urea groups is 1. The molecular formula is C30H29BrN2O6. The highest BCUT2D eigenvalue weighted by Gasteiger charge is 2.36. The van der Waals surface area contributed by atoms with Crippen LogP contribution in [0.15, 0.2) is 76.8 Å². The van der Waals surface area contributed by atoms with E-state index in [1.165, 1.54) is 6.08 Å². The molecule has 0 unspecified atom stereocenters. The first-order valence-corrected chi connectivity index (χ1v) is 13.4. The van der Waals surface area contributed by atoms with E-state index in [4.69, 9.17) is 14.2 Å². The maximum atomic E-state index is 13.4. The fourth-order valence-electron chi connectivity index (χ4n) is 3.92. The summed E-state index contributed by atoms with van der Waals surface area (Å²) in [6, 6.07) is 19.4. The molecule has 202 valence electrons. The molecule has 1 aliphatic rings. The van der Waals surface area contributed by atoms with Crippen molar-refractivity contribution in [3.05, 3.63) is 93.5 Å². The zero-order valence-corrected chi connectivity index (χ0v) is 23.3. The highest BCUT2D eigenvalue weighted by atomic mass is 79.9. The average Bonchev–Trinajstić information content (AvgIpc) is 2.93. The quantitative estimate of drug-likeness (QED) is 0.221. The Balaban J connectivity index is 1.59. The van der Waals surface area contributed by atoms with Crippen LogP contribution >= 0.6 is 15.9 Å². The normalized spacial score (nSPS) is 14.4. The van der Waals surface area contributed by atoms with Gasteiger partial charge in [-0.25, -0.2) is 4.79 Å². The maximum Gasteiger partial charge on any atom is 0.331 e. The lowest BCUT2D eigenvalue weighted by molar-refractivity contribution is -0.130. The largest absolute Gasteiger partial charge is 0.490 e. The van der Waals surface area contributed by atoms with Crippen molar-refractivity contribution in [2.24, 2.45) is 0 Å². The molecule has 0 atom stereocenters. The molecule has 4 rings (SSSR count). The van der Waals surface area contributed by atoms with Crippen LogP contribution in [-0.4, -0.2) is 36.0 Å². The van der Waals surface area contributed by atoms with Gasteiger partial charge in [0.25, 0.3) is 11.8 Å². The summed E-state index contributed by atoms with van der Waals surface area (Å²) in [6.45, 7) is 5.09. The molecule has 0 spiro atoms. The number of nitrogens with one attached hydrogen (secondary N) is 1. The van der Waals surface area contributed by atoms with Crippen LogP contribution in [0.4, 0.5) is 4.79 Å². The van der Waals surface area contributed by atoms with Crippen LogP contribution in [0.5, 0.6) is 17.2 Å². The minimum Gasteiger partial charge on any atom is -0.490 e. The minimum absolute atomic E-state index is 0.0563. The molecule has 1 fully saturated rings. The lowest BCUT2D eigenvalue weighted by Gasteiger charge is -2.27. The molecule has 3 aromatic rings. The van der Waals surface area contributed by atoms with Crippen molar-refractivity contribution in [2.45, 2.75) is 33.4 Å². The molecule has 1 heterocycles. The molecule has 9 heteroatoms. The number of barbiturate groups is 1. The van der Waals surface area contributed by atoms with Gasteiger partial charge < -0.3 is 14.2 Å². The summed E-state index contributed by atoms with van der Waals surface area (Å²) < 4.78 is 18.2. The van der Waals surface area contributed by atoms with Crippen LogP contribution in [0.25, 0.3) is 6.08 Å². The average molecular weight is 593 g/mol. The minimum atomic E-state index is -0.791. The van der Waals surface area contributed by atoms with Crippen molar-refractivity contribution < 1.29 is 28.6 Å². The molecular weight excluding hydrogens is 564 g/mol. The van der Waals surface area contributed by atoms with Crippen molar-refractivity contribution in [3.8, 4) is 17.2 Å². The Morgan fingerprint density at radius 2 is 1.62 bits per heavy atom. The number of rotatable bonds is 11. The Bertz CT molecular complexity index is 1390. The number of carbonyl (C=O) groups is 3. The predicted octanol–water partition coefficient (Wildman–Crippen LogP) is 5.88. The Kier molecular flexibility index (Phi) is 9.38. The Hall–Kier alpha value is -4.11. The van der Waals surface area contributed by atoms with E-state index in [0.717, 1.165) is 21.4 Å². The summed E-state index contributed by atoms with van der Waals surface area (Å²) in [5.74, 6) is 0.123. The second-order valence-corrected chi connectivity index (χ2v) is 9.64. The van der Waals surface area contributed by atoms with Gasteiger partial charge in [-0.3, -0.25) is 19.8 Å². The number of carbonyl (C=O) groups excluding carboxylic acids is 3. The van der Waals surface area contributed by atoms with Crippen molar-refractivity contribution in [1.29, 1.82) is 0 Å². The summed E-state index contributed by atoms with van der Waals surface area (Å²) in [4.78, 5) is 39.8. The van der Waals surface area contributed by atoms with Crippen molar-refractivity contribution in [1.82, 2.24) is 10.2 Å². The van der Waals surface area contributed by atoms with Crippen LogP contribution in [0, 0.1) is 0 Å². The van der Waals surface area contributed by atoms with Gasteiger partial charge in [-0.05, 0) is 60.9 Å². The molecule has 0 bridgehead atoms. The van der Waals surface area contributed by atoms with E-state index in [0.29, 0.717) is 48.2 Å². The Morgan fingerprint density at radius 3 is 2.36 bits per heavy atom. The number of halogens is 1. The van der Waals surface area contributed by atoms with Gasteiger partial charge in [0.1, 0.15) is 17.9 Å². The number of hydrogen-bond donors (Lipinski definition) is 1. The topological polar surface area (TPSA) is 94.2 Å². The predicted molar refractivity (Wildman–Crippen MR) is 150 cm³/mol. The van der Waals surface area contributed by atoms with E-state index in [1.54, 1.807) is 30.3 Å². The first-order valence-electron chi connectivity index (χ1n) is 12.6. The van der Waals surface area contributed by atoms with E-state index in [1.807, 2.05) is 50.2 Å². The van der Waals surface area contributed by atoms with E-state index >= 15 is 0 Å². The SMILES string of the molecule is CCCOc1ccc(CN2C(=O)NC(=O)/C(=C\c3cc(Br)ccc3OCc3ccccc3)C2=O)cc1OCC. The number of amides is 4. The van der Waals surface area contributed by atoms with Gasteiger partial charge in [0.05, 0.1) is 19.8 Å². The van der Waals surface area contributed by atoms with Crippen LogP contribution in [0.1, 0.15) is 37.0 Å². The fraction of sp³-hybridized carbons (Fsp3) is 0.233. The first-order chi connectivity index (χ1) is 18.9. The smallest absolute Gasteiger partial charge is 0.331 e. The molecule has 8 nitrogen and oxygen atoms in total. The molecule has 39 heavy (non-hydrogen) atoms. The molecule has 0 aromatic heterocycles. The van der Waals surface area contributed by atoms with Gasteiger partial charge in [-0.2, -0.15) is 0 Å². The molecule has 1 aliphatic heterocycles. The second-order valence-electron chi connectivity index (χ2n) is 8.73. The maximum absolute atomic E-state index is 13.4. The fourth-order valence-corrected chi connectivity index (χ4v) is 4.30. The van der Waals surface area contributed by atoms with Crippen LogP contribution < -0.4 is 19.5 Å². The Morgan fingerprint density at radius 1 is 0.846 bits per heavy atom. The second kappa shape index (κ2) is 13.1. The van der Waals surface area contributed by atoms with Gasteiger partial charge in [0.2, 0.25) is 0 Å². The molecule has 1 saturated heterocycles. The molecule has 0 saturated carbocycles. The van der Waals surface area contributed by atoms with Gasteiger partial charge >= 0.3 is 6.03 Å². The summed E-state index contributed by atoms with van der Waals surface area (Å²) in [5, 5.41) is 2.27. The lowest BCUT2D eigenvalue weighted by atomic mass is 10.1. The monoisotopic (exact) mass is 592 g/mol. The van der Waals surface area contributed by atoms with Gasteiger partial charge in [0.15, 0.2) is 11.5 Å². The van der Waals surface area contributed by atoms with Gasteiger partial charge in [0, 0.05) is 10.0 Å². The van der Waals surface area contributed by atoms with Crippen molar-refractivity contribution in [3.63, 3.8) is 0 Å². The van der Waals surface area contributed by atoms with Crippen molar-refractivity contribution in [2.75, 3.05) is 13.2 Å². The number of imide groups is 2. The number of nitrogens with zero attached hydrogens (tertiary/aromatic N) is 1. The number of benzene rings is 3. The van der Waals surface area contributed by atoms with E-state index in [9.17, 15) is 14.4 Å². The number of ether oxygens (including phenoxy) is 3. The Labute approximate surface area is 235 Å². The zero-order valence-electron chi connectivity index (χ0n) is 21.7. The van der Waals surface area contributed by atoms with Crippen LogP contribution in [0.3, 0.4) is 0 Å². The zero-order chi connectivity index (χ0) is 27.8. The molecule has 4 amide bonds. The summed E-state index contributed by atoms with van der Waals surface area (Å²) in [6.07, 6.45) is 2.28. The van der Waals surface area contributed by atoms with Gasteiger partial charge in [-0.1, -0.05) is 59.3 Å². The molecule has 0 aliphatic carbocycles. The number of hydrogen-bond acceptors (Lipinski definition) is 6. The van der Waals surface area contributed by atoms with Crippen molar-refractivity contribution >= 4 is 39.9 Å².